The summed E-state index contributed by atoms with van der Waals surface area (Å²) in [7, 11) is -2.03. The van der Waals surface area contributed by atoms with Crippen molar-refractivity contribution in [3.63, 3.8) is 0 Å². The topological polar surface area (TPSA) is 83.8 Å². The highest BCUT2D eigenvalue weighted by molar-refractivity contribution is 6.61. The standard InChI is InChI=1S/C15H16BFO5/c1-4-22-15-12(14(15,2)3)11(18)10-8(13(15)19)5-7(17)6-9(10)16(20)21/h5-6,12,20-21H,4H2,1-3H3. The number of fused-ring (bicyclic) bond motifs is 2. The lowest BCUT2D eigenvalue weighted by molar-refractivity contribution is 0.0121. The fraction of sp³-hybridized carbons (Fsp3) is 0.467. The Labute approximate surface area is 127 Å². The molecule has 2 unspecified atom stereocenters. The first-order chi connectivity index (χ1) is 10.2. The van der Waals surface area contributed by atoms with Gasteiger partial charge in [0.15, 0.2) is 11.6 Å². The number of Topliss-reactive ketones (excluding diaryl/α,β-unsaturated/α-hetero) is 2. The first-order valence-electron chi connectivity index (χ1n) is 7.12. The van der Waals surface area contributed by atoms with Crippen LogP contribution in [0.1, 0.15) is 41.5 Å². The quantitative estimate of drug-likeness (QED) is 0.786. The minimum absolute atomic E-state index is 0.104. The van der Waals surface area contributed by atoms with E-state index >= 15 is 0 Å². The number of hydrogen-bond acceptors (Lipinski definition) is 5. The van der Waals surface area contributed by atoms with Crippen molar-refractivity contribution < 1.29 is 28.8 Å². The molecule has 7 heteroatoms. The molecule has 116 valence electrons. The van der Waals surface area contributed by atoms with Crippen LogP contribution in [0, 0.1) is 17.2 Å². The molecule has 0 aliphatic heterocycles. The van der Waals surface area contributed by atoms with Crippen molar-refractivity contribution in [3.8, 4) is 0 Å². The van der Waals surface area contributed by atoms with Gasteiger partial charge < -0.3 is 14.8 Å². The smallest absolute Gasteiger partial charge is 0.423 e. The van der Waals surface area contributed by atoms with Crippen LogP contribution in [0.4, 0.5) is 4.39 Å². The van der Waals surface area contributed by atoms with E-state index < -0.39 is 41.4 Å². The van der Waals surface area contributed by atoms with Crippen LogP contribution >= 0.6 is 0 Å². The number of rotatable bonds is 3. The third-order valence-electron chi connectivity index (χ3n) is 4.88. The maximum atomic E-state index is 13.7. The van der Waals surface area contributed by atoms with Crippen molar-refractivity contribution >= 4 is 24.1 Å². The SMILES string of the molecule is CCOC12C(=O)c3cc(F)cc(B(O)O)c3C(=O)C1C2(C)C. The molecule has 2 aliphatic rings. The maximum Gasteiger partial charge on any atom is 0.489 e. The number of ether oxygens (including phenoxy) is 1. The monoisotopic (exact) mass is 306 g/mol. The molecule has 2 N–H and O–H groups in total. The molecular formula is C15H16BFO5. The van der Waals surface area contributed by atoms with Gasteiger partial charge in [-0.05, 0) is 24.5 Å². The number of carbonyl (C=O) groups is 2. The van der Waals surface area contributed by atoms with Crippen molar-refractivity contribution in [2.75, 3.05) is 6.61 Å². The van der Waals surface area contributed by atoms with Gasteiger partial charge in [-0.1, -0.05) is 13.8 Å². The molecule has 2 aliphatic carbocycles. The third-order valence-corrected chi connectivity index (χ3v) is 4.88. The molecule has 3 rings (SSSR count). The van der Waals surface area contributed by atoms with E-state index in [1.807, 2.05) is 0 Å². The number of ketones is 2. The van der Waals surface area contributed by atoms with Crippen LogP contribution in [0.15, 0.2) is 12.1 Å². The predicted octanol–water partition coefficient (Wildman–Crippen LogP) is 0.316. The molecule has 2 atom stereocenters. The van der Waals surface area contributed by atoms with E-state index in [0.29, 0.717) is 0 Å². The van der Waals surface area contributed by atoms with E-state index in [0.717, 1.165) is 12.1 Å². The first kappa shape index (κ1) is 15.3. The maximum absolute atomic E-state index is 13.7. The molecule has 0 radical (unpaired) electrons. The Balaban J connectivity index is 2.27. The zero-order valence-corrected chi connectivity index (χ0v) is 12.5. The molecular weight excluding hydrogens is 290 g/mol. The van der Waals surface area contributed by atoms with Gasteiger partial charge in [-0.2, -0.15) is 0 Å². The Morgan fingerprint density at radius 1 is 1.32 bits per heavy atom. The van der Waals surface area contributed by atoms with Gasteiger partial charge in [-0.25, -0.2) is 4.39 Å². The molecule has 1 fully saturated rings. The minimum Gasteiger partial charge on any atom is -0.423 e. The average molecular weight is 306 g/mol. The molecule has 0 heterocycles. The third kappa shape index (κ3) is 1.59. The molecule has 22 heavy (non-hydrogen) atoms. The average Bonchev–Trinajstić information content (AvgIpc) is 2.93. The second-order valence-corrected chi connectivity index (χ2v) is 6.31. The second-order valence-electron chi connectivity index (χ2n) is 6.31. The normalized spacial score (nSPS) is 28.2. The van der Waals surface area contributed by atoms with Crippen molar-refractivity contribution in [2.24, 2.45) is 11.3 Å². The molecule has 5 nitrogen and oxygen atoms in total. The van der Waals surface area contributed by atoms with Gasteiger partial charge in [0.25, 0.3) is 0 Å². The molecule has 0 saturated heterocycles. The van der Waals surface area contributed by atoms with E-state index in [4.69, 9.17) is 4.74 Å². The number of carbonyl (C=O) groups excluding carboxylic acids is 2. The molecule has 1 aromatic rings. The van der Waals surface area contributed by atoms with E-state index in [2.05, 4.69) is 0 Å². The molecule has 0 bridgehead atoms. The van der Waals surface area contributed by atoms with Crippen molar-refractivity contribution in [2.45, 2.75) is 26.4 Å². The van der Waals surface area contributed by atoms with Crippen LogP contribution in [0.5, 0.6) is 0 Å². The molecule has 0 spiro atoms. The predicted molar refractivity (Wildman–Crippen MR) is 76.5 cm³/mol. The van der Waals surface area contributed by atoms with E-state index in [1.165, 1.54) is 0 Å². The summed E-state index contributed by atoms with van der Waals surface area (Å²) in [6.45, 7) is 5.47. The zero-order chi connectivity index (χ0) is 16.4. The van der Waals surface area contributed by atoms with Crippen LogP contribution in [-0.2, 0) is 4.74 Å². The van der Waals surface area contributed by atoms with Crippen LogP contribution in [-0.4, -0.2) is 40.9 Å². The van der Waals surface area contributed by atoms with Gasteiger partial charge in [-0.15, -0.1) is 0 Å². The van der Waals surface area contributed by atoms with Crippen molar-refractivity contribution in [3.05, 3.63) is 29.1 Å². The fourth-order valence-electron chi connectivity index (χ4n) is 3.85. The zero-order valence-electron chi connectivity index (χ0n) is 12.5. The number of halogens is 1. The van der Waals surface area contributed by atoms with E-state index in [-0.39, 0.29) is 23.2 Å². The summed E-state index contributed by atoms with van der Waals surface area (Å²) in [5.74, 6) is -2.37. The summed E-state index contributed by atoms with van der Waals surface area (Å²) in [5, 5.41) is 18.8. The van der Waals surface area contributed by atoms with E-state index in [9.17, 15) is 24.0 Å². The van der Waals surface area contributed by atoms with Crippen LogP contribution in [0.3, 0.4) is 0 Å². The first-order valence-corrected chi connectivity index (χ1v) is 7.12. The van der Waals surface area contributed by atoms with Crippen molar-refractivity contribution in [1.82, 2.24) is 0 Å². The lowest BCUT2D eigenvalue weighted by atomic mass is 9.71. The van der Waals surface area contributed by atoms with Crippen molar-refractivity contribution in [1.29, 1.82) is 0 Å². The second kappa shape index (κ2) is 4.47. The summed E-state index contributed by atoms with van der Waals surface area (Å²) < 4.78 is 19.4. The Hall–Kier alpha value is -1.57. The van der Waals surface area contributed by atoms with Crippen LogP contribution in [0.25, 0.3) is 0 Å². The summed E-state index contributed by atoms with van der Waals surface area (Å²) in [6.07, 6.45) is 0. The minimum atomic E-state index is -2.03. The number of benzene rings is 1. The van der Waals surface area contributed by atoms with E-state index in [1.54, 1.807) is 20.8 Å². The summed E-state index contributed by atoms with van der Waals surface area (Å²) >= 11 is 0. The number of hydrogen-bond donors (Lipinski definition) is 2. The summed E-state index contributed by atoms with van der Waals surface area (Å²) in [5.41, 5.74) is -2.52. The van der Waals surface area contributed by atoms with Gasteiger partial charge in [0, 0.05) is 23.1 Å². The summed E-state index contributed by atoms with van der Waals surface area (Å²) in [6, 6.07) is 1.84. The highest BCUT2D eigenvalue weighted by atomic mass is 19.1. The highest BCUT2D eigenvalue weighted by Crippen LogP contribution is 2.68. The lowest BCUT2D eigenvalue weighted by Crippen LogP contribution is -2.44. The molecule has 1 aromatic carbocycles. The largest absolute Gasteiger partial charge is 0.489 e. The van der Waals surface area contributed by atoms with Gasteiger partial charge >= 0.3 is 7.12 Å². The molecule has 0 amide bonds. The van der Waals surface area contributed by atoms with Gasteiger partial charge in [0.2, 0.25) is 0 Å². The lowest BCUT2D eigenvalue weighted by Gasteiger charge is -2.25. The van der Waals surface area contributed by atoms with Gasteiger partial charge in [0.1, 0.15) is 11.4 Å². The van der Waals surface area contributed by atoms with Gasteiger partial charge in [0.05, 0.1) is 5.92 Å². The summed E-state index contributed by atoms with van der Waals surface area (Å²) in [4.78, 5) is 25.6. The fourth-order valence-corrected chi connectivity index (χ4v) is 3.85. The Bertz CT molecular complexity index is 699. The van der Waals surface area contributed by atoms with Crippen LogP contribution < -0.4 is 5.46 Å². The Kier molecular flexibility index (Phi) is 3.12. The highest BCUT2D eigenvalue weighted by Gasteiger charge is 2.81. The van der Waals surface area contributed by atoms with Crippen LogP contribution in [0.2, 0.25) is 0 Å². The van der Waals surface area contributed by atoms with Gasteiger partial charge in [-0.3, -0.25) is 9.59 Å². The Morgan fingerprint density at radius 3 is 2.50 bits per heavy atom. The molecule has 1 saturated carbocycles. The Morgan fingerprint density at radius 2 is 1.95 bits per heavy atom. The molecule has 0 aromatic heterocycles.